The van der Waals surface area contributed by atoms with Crippen LogP contribution in [0.5, 0.6) is 5.75 Å². The Morgan fingerprint density at radius 1 is 1.24 bits per heavy atom. The minimum Gasteiger partial charge on any atom is -0.488 e. The van der Waals surface area contributed by atoms with Crippen molar-refractivity contribution >= 4 is 11.3 Å². The van der Waals surface area contributed by atoms with Gasteiger partial charge in [0.05, 0.1) is 6.10 Å². The maximum atomic E-state index is 9.89. The highest BCUT2D eigenvalue weighted by molar-refractivity contribution is 7.09. The van der Waals surface area contributed by atoms with Gasteiger partial charge in [0.15, 0.2) is 0 Å². The number of para-hydroxylation sites is 1. The molecule has 1 N–H and O–H groups in total. The first kappa shape index (κ1) is 12.1. The zero-order valence-electron chi connectivity index (χ0n) is 9.80. The maximum absolute atomic E-state index is 9.89. The zero-order chi connectivity index (χ0) is 12.1. The number of rotatable bonds is 5. The van der Waals surface area contributed by atoms with Crippen LogP contribution in [0.4, 0.5) is 0 Å². The third-order valence-electron chi connectivity index (χ3n) is 2.61. The molecule has 0 saturated heterocycles. The zero-order valence-corrected chi connectivity index (χ0v) is 10.6. The highest BCUT2D eigenvalue weighted by Crippen LogP contribution is 2.27. The van der Waals surface area contributed by atoms with E-state index in [1.54, 1.807) is 11.3 Å². The molecule has 3 heteroatoms. The summed E-state index contributed by atoms with van der Waals surface area (Å²) in [6.45, 7) is 2.52. The van der Waals surface area contributed by atoms with E-state index >= 15 is 0 Å². The van der Waals surface area contributed by atoms with Gasteiger partial charge in [-0.25, -0.2) is 0 Å². The van der Waals surface area contributed by atoms with Crippen LogP contribution in [-0.2, 0) is 6.61 Å². The largest absolute Gasteiger partial charge is 0.488 e. The second kappa shape index (κ2) is 5.84. The van der Waals surface area contributed by atoms with E-state index in [1.165, 1.54) is 4.88 Å². The number of aliphatic hydroxyl groups is 1. The topological polar surface area (TPSA) is 29.5 Å². The van der Waals surface area contributed by atoms with Crippen molar-refractivity contribution in [1.82, 2.24) is 0 Å². The first-order chi connectivity index (χ1) is 8.31. The Morgan fingerprint density at radius 2 is 2.06 bits per heavy atom. The lowest BCUT2D eigenvalue weighted by molar-refractivity contribution is 0.166. The van der Waals surface area contributed by atoms with Crippen molar-refractivity contribution in [3.05, 3.63) is 52.2 Å². The van der Waals surface area contributed by atoms with E-state index in [9.17, 15) is 5.11 Å². The van der Waals surface area contributed by atoms with Gasteiger partial charge in [-0.05, 0) is 23.9 Å². The first-order valence-corrected chi connectivity index (χ1v) is 6.61. The molecule has 0 radical (unpaired) electrons. The number of benzene rings is 1. The summed E-state index contributed by atoms with van der Waals surface area (Å²) in [7, 11) is 0. The molecule has 0 spiro atoms. The number of aliphatic hydroxyl groups excluding tert-OH is 1. The lowest BCUT2D eigenvalue weighted by Crippen LogP contribution is -2.01. The molecule has 0 bridgehead atoms. The second-order valence-corrected chi connectivity index (χ2v) is 4.86. The van der Waals surface area contributed by atoms with E-state index in [0.717, 1.165) is 11.3 Å². The van der Waals surface area contributed by atoms with Gasteiger partial charge in [0.1, 0.15) is 12.4 Å². The average Bonchev–Trinajstić information content (AvgIpc) is 2.89. The van der Waals surface area contributed by atoms with Crippen LogP contribution in [0.15, 0.2) is 41.8 Å². The second-order valence-electron chi connectivity index (χ2n) is 3.83. The Kier molecular flexibility index (Phi) is 4.18. The molecule has 2 nitrogen and oxygen atoms in total. The summed E-state index contributed by atoms with van der Waals surface area (Å²) in [5.74, 6) is 0.773. The molecule has 0 fully saturated rings. The molecule has 0 saturated carbocycles. The van der Waals surface area contributed by atoms with Crippen LogP contribution in [0.1, 0.15) is 29.9 Å². The van der Waals surface area contributed by atoms with Crippen LogP contribution in [0, 0.1) is 0 Å². The molecule has 2 aromatic rings. The molecular formula is C14H16O2S. The van der Waals surface area contributed by atoms with Crippen LogP contribution in [0.2, 0.25) is 0 Å². The Morgan fingerprint density at radius 3 is 2.76 bits per heavy atom. The normalized spacial score (nSPS) is 12.4. The summed E-state index contributed by atoms with van der Waals surface area (Å²) in [5, 5.41) is 11.9. The molecule has 2 rings (SSSR count). The van der Waals surface area contributed by atoms with E-state index in [4.69, 9.17) is 4.74 Å². The molecule has 1 heterocycles. The standard InChI is InChI=1S/C14H16O2S/c1-2-13(15)12-7-3-4-8-14(12)16-10-11-6-5-9-17-11/h3-9,13,15H,2,10H2,1H3/t13-/m0/s1. The molecule has 0 amide bonds. The van der Waals surface area contributed by atoms with Crippen LogP contribution < -0.4 is 4.74 Å². The van der Waals surface area contributed by atoms with Gasteiger partial charge in [0.2, 0.25) is 0 Å². The average molecular weight is 248 g/mol. The van der Waals surface area contributed by atoms with E-state index in [1.807, 2.05) is 48.7 Å². The third kappa shape index (κ3) is 3.08. The van der Waals surface area contributed by atoms with E-state index in [-0.39, 0.29) is 0 Å². The lowest BCUT2D eigenvalue weighted by Gasteiger charge is -2.14. The third-order valence-corrected chi connectivity index (χ3v) is 3.46. The van der Waals surface area contributed by atoms with Crippen molar-refractivity contribution in [3.63, 3.8) is 0 Å². The molecule has 0 aliphatic rings. The summed E-state index contributed by atoms with van der Waals surface area (Å²) in [4.78, 5) is 1.19. The number of ether oxygens (including phenoxy) is 1. The highest BCUT2D eigenvalue weighted by atomic mass is 32.1. The Bertz CT molecular complexity index is 451. The van der Waals surface area contributed by atoms with Crippen molar-refractivity contribution < 1.29 is 9.84 Å². The lowest BCUT2D eigenvalue weighted by atomic mass is 10.1. The molecule has 90 valence electrons. The SMILES string of the molecule is CC[C@H](O)c1ccccc1OCc1cccs1. The number of thiophene rings is 1. The summed E-state index contributed by atoms with van der Waals surface area (Å²) in [5.41, 5.74) is 0.867. The van der Waals surface area contributed by atoms with Gasteiger partial charge < -0.3 is 9.84 Å². The van der Waals surface area contributed by atoms with Crippen LogP contribution in [0.3, 0.4) is 0 Å². The van der Waals surface area contributed by atoms with Gasteiger partial charge in [0, 0.05) is 10.4 Å². The summed E-state index contributed by atoms with van der Waals surface area (Å²) < 4.78 is 5.75. The highest BCUT2D eigenvalue weighted by Gasteiger charge is 2.10. The molecule has 17 heavy (non-hydrogen) atoms. The summed E-state index contributed by atoms with van der Waals surface area (Å²) in [6.07, 6.45) is 0.244. The fourth-order valence-corrected chi connectivity index (χ4v) is 2.27. The van der Waals surface area contributed by atoms with Crippen molar-refractivity contribution in [2.45, 2.75) is 26.1 Å². The summed E-state index contributed by atoms with van der Waals surface area (Å²) in [6, 6.07) is 11.7. The van der Waals surface area contributed by atoms with Crippen molar-refractivity contribution in [1.29, 1.82) is 0 Å². The van der Waals surface area contributed by atoms with Gasteiger partial charge in [-0.15, -0.1) is 11.3 Å². The molecule has 0 aliphatic carbocycles. The van der Waals surface area contributed by atoms with Crippen LogP contribution in [0.25, 0.3) is 0 Å². The van der Waals surface area contributed by atoms with Gasteiger partial charge >= 0.3 is 0 Å². The van der Waals surface area contributed by atoms with Crippen LogP contribution >= 0.6 is 11.3 Å². The number of hydrogen-bond donors (Lipinski definition) is 1. The molecule has 0 aliphatic heterocycles. The Hall–Kier alpha value is -1.32. The minimum absolute atomic E-state index is 0.450. The number of hydrogen-bond acceptors (Lipinski definition) is 3. The predicted molar refractivity (Wildman–Crippen MR) is 70.3 cm³/mol. The monoisotopic (exact) mass is 248 g/mol. The van der Waals surface area contributed by atoms with Gasteiger partial charge in [-0.2, -0.15) is 0 Å². The Balaban J connectivity index is 2.09. The summed E-state index contributed by atoms with van der Waals surface area (Å²) >= 11 is 1.67. The van der Waals surface area contributed by atoms with Gasteiger partial charge in [-0.1, -0.05) is 31.2 Å². The smallest absolute Gasteiger partial charge is 0.125 e. The Labute approximate surface area is 105 Å². The first-order valence-electron chi connectivity index (χ1n) is 5.73. The van der Waals surface area contributed by atoms with E-state index in [2.05, 4.69) is 0 Å². The molecule has 1 atom stereocenters. The quantitative estimate of drug-likeness (QED) is 0.872. The van der Waals surface area contributed by atoms with E-state index in [0.29, 0.717) is 13.0 Å². The fourth-order valence-electron chi connectivity index (χ4n) is 1.65. The van der Waals surface area contributed by atoms with E-state index < -0.39 is 6.10 Å². The van der Waals surface area contributed by atoms with Gasteiger partial charge in [-0.3, -0.25) is 0 Å². The van der Waals surface area contributed by atoms with Crippen molar-refractivity contribution in [2.24, 2.45) is 0 Å². The molecule has 1 aromatic carbocycles. The minimum atomic E-state index is -0.450. The van der Waals surface area contributed by atoms with Crippen molar-refractivity contribution in [3.8, 4) is 5.75 Å². The van der Waals surface area contributed by atoms with Gasteiger partial charge in [0.25, 0.3) is 0 Å². The molecule has 0 unspecified atom stereocenters. The van der Waals surface area contributed by atoms with Crippen molar-refractivity contribution in [2.75, 3.05) is 0 Å². The van der Waals surface area contributed by atoms with Crippen LogP contribution in [-0.4, -0.2) is 5.11 Å². The fraction of sp³-hybridized carbons (Fsp3) is 0.286. The molecular weight excluding hydrogens is 232 g/mol. The predicted octanol–water partition coefficient (Wildman–Crippen LogP) is 3.77. The maximum Gasteiger partial charge on any atom is 0.125 e. The molecule has 1 aromatic heterocycles.